The summed E-state index contributed by atoms with van der Waals surface area (Å²) in [4.78, 5) is 18.6. The van der Waals surface area contributed by atoms with Crippen molar-refractivity contribution in [2.45, 2.75) is 45.1 Å². The van der Waals surface area contributed by atoms with Crippen LogP contribution in [-0.4, -0.2) is 34.7 Å². The molecule has 0 unspecified atom stereocenters. The highest BCUT2D eigenvalue weighted by Crippen LogP contribution is 2.30. The lowest BCUT2D eigenvalue weighted by Crippen LogP contribution is -2.41. The van der Waals surface area contributed by atoms with Crippen LogP contribution in [0.1, 0.15) is 45.2 Å². The maximum absolute atomic E-state index is 12.2. The van der Waals surface area contributed by atoms with Gasteiger partial charge in [0.05, 0.1) is 0 Å². The number of hydrogen-bond acceptors (Lipinski definition) is 3. The first-order valence-electron chi connectivity index (χ1n) is 8.92. The van der Waals surface area contributed by atoms with Gasteiger partial charge in [0.25, 0.3) is 0 Å². The quantitative estimate of drug-likeness (QED) is 0.785. The van der Waals surface area contributed by atoms with Crippen LogP contribution in [0.2, 0.25) is 0 Å². The van der Waals surface area contributed by atoms with E-state index in [0.717, 1.165) is 31.6 Å². The molecule has 4 heteroatoms. The van der Waals surface area contributed by atoms with Gasteiger partial charge in [0.15, 0.2) is 0 Å². The van der Waals surface area contributed by atoms with Gasteiger partial charge < -0.3 is 9.64 Å². The number of likely N-dealkylation sites (tertiary alicyclic amines) is 1. The zero-order chi connectivity index (χ0) is 17.9. The molecule has 1 aromatic carbocycles. The Morgan fingerprint density at radius 3 is 2.40 bits per heavy atom. The Morgan fingerprint density at radius 2 is 1.76 bits per heavy atom. The molecule has 0 atom stereocenters. The molecule has 1 aromatic heterocycles. The van der Waals surface area contributed by atoms with Crippen LogP contribution in [0.15, 0.2) is 48.7 Å². The summed E-state index contributed by atoms with van der Waals surface area (Å²) in [5, 5.41) is 0. The van der Waals surface area contributed by atoms with Gasteiger partial charge in [-0.25, -0.2) is 4.79 Å². The zero-order valence-electron chi connectivity index (χ0n) is 15.2. The third kappa shape index (κ3) is 4.59. The van der Waals surface area contributed by atoms with E-state index in [1.807, 2.05) is 37.9 Å². The van der Waals surface area contributed by atoms with Crippen molar-refractivity contribution in [1.29, 1.82) is 0 Å². The molecule has 4 nitrogen and oxygen atoms in total. The maximum Gasteiger partial charge on any atom is 0.410 e. The third-order valence-electron chi connectivity index (χ3n) is 4.45. The highest BCUT2D eigenvalue weighted by molar-refractivity contribution is 5.68. The Balaban J connectivity index is 1.65. The molecule has 0 spiro atoms. The molecule has 0 bridgehead atoms. The Hall–Kier alpha value is -2.36. The minimum Gasteiger partial charge on any atom is -0.444 e. The number of piperidine rings is 1. The Morgan fingerprint density at radius 1 is 1.08 bits per heavy atom. The van der Waals surface area contributed by atoms with Crippen molar-refractivity contribution >= 4 is 6.09 Å². The molecule has 132 valence electrons. The Labute approximate surface area is 149 Å². The van der Waals surface area contributed by atoms with Crippen molar-refractivity contribution in [1.82, 2.24) is 9.88 Å². The van der Waals surface area contributed by atoms with E-state index in [0.29, 0.717) is 5.92 Å². The minimum atomic E-state index is -0.445. The fourth-order valence-corrected chi connectivity index (χ4v) is 3.17. The summed E-state index contributed by atoms with van der Waals surface area (Å²) in [6.45, 7) is 7.14. The van der Waals surface area contributed by atoms with Crippen LogP contribution in [0.3, 0.4) is 0 Å². The van der Waals surface area contributed by atoms with E-state index < -0.39 is 5.60 Å². The fourth-order valence-electron chi connectivity index (χ4n) is 3.17. The van der Waals surface area contributed by atoms with Crippen LogP contribution in [-0.2, 0) is 4.74 Å². The molecule has 1 aliphatic rings. The third-order valence-corrected chi connectivity index (χ3v) is 4.45. The van der Waals surface area contributed by atoms with Crippen LogP contribution < -0.4 is 0 Å². The molecule has 0 saturated carbocycles. The fraction of sp³-hybridized carbons (Fsp3) is 0.429. The van der Waals surface area contributed by atoms with E-state index in [1.165, 1.54) is 11.1 Å². The average molecular weight is 338 g/mol. The highest BCUT2D eigenvalue weighted by Gasteiger charge is 2.28. The van der Waals surface area contributed by atoms with E-state index in [2.05, 4.69) is 41.4 Å². The van der Waals surface area contributed by atoms with Gasteiger partial charge in [0.2, 0.25) is 0 Å². The molecule has 0 radical (unpaired) electrons. The first kappa shape index (κ1) is 17.5. The van der Waals surface area contributed by atoms with E-state index >= 15 is 0 Å². The molecular weight excluding hydrogens is 312 g/mol. The van der Waals surface area contributed by atoms with Crippen molar-refractivity contribution in [2.24, 2.45) is 0 Å². The number of benzene rings is 1. The summed E-state index contributed by atoms with van der Waals surface area (Å²) in [5.41, 5.74) is 3.07. The number of carbonyl (C=O) groups is 1. The molecule has 1 saturated heterocycles. The molecule has 3 rings (SSSR count). The molecule has 1 amide bonds. The molecule has 2 aromatic rings. The molecule has 2 heterocycles. The first-order chi connectivity index (χ1) is 11.9. The molecule has 1 fully saturated rings. The monoisotopic (exact) mass is 338 g/mol. The van der Waals surface area contributed by atoms with Gasteiger partial charge in [0, 0.05) is 30.9 Å². The second-order valence-electron chi connectivity index (χ2n) is 7.58. The summed E-state index contributed by atoms with van der Waals surface area (Å²) in [5.74, 6) is 0.391. The predicted molar refractivity (Wildman–Crippen MR) is 99.5 cm³/mol. The van der Waals surface area contributed by atoms with E-state index in [1.54, 1.807) is 0 Å². The molecule has 1 aliphatic heterocycles. The van der Waals surface area contributed by atoms with Gasteiger partial charge in [-0.05, 0) is 56.9 Å². The van der Waals surface area contributed by atoms with Gasteiger partial charge in [0.1, 0.15) is 5.60 Å². The van der Waals surface area contributed by atoms with E-state index in [-0.39, 0.29) is 6.09 Å². The number of nitrogens with zero attached hydrogens (tertiary/aromatic N) is 2. The topological polar surface area (TPSA) is 42.4 Å². The normalized spacial score (nSPS) is 15.9. The van der Waals surface area contributed by atoms with Crippen molar-refractivity contribution in [3.05, 3.63) is 54.4 Å². The zero-order valence-corrected chi connectivity index (χ0v) is 15.2. The summed E-state index contributed by atoms with van der Waals surface area (Å²) in [7, 11) is 0. The average Bonchev–Trinajstić information content (AvgIpc) is 2.61. The predicted octanol–water partition coefficient (Wildman–Crippen LogP) is 4.86. The Kier molecular flexibility index (Phi) is 5.07. The van der Waals surface area contributed by atoms with Crippen LogP contribution in [0.4, 0.5) is 4.79 Å². The number of aromatic nitrogens is 1. The van der Waals surface area contributed by atoms with E-state index in [4.69, 9.17) is 4.74 Å². The second kappa shape index (κ2) is 7.26. The van der Waals surface area contributed by atoms with Gasteiger partial charge in [-0.1, -0.05) is 30.3 Å². The van der Waals surface area contributed by atoms with Crippen molar-refractivity contribution < 1.29 is 9.53 Å². The van der Waals surface area contributed by atoms with Crippen molar-refractivity contribution in [3.63, 3.8) is 0 Å². The lowest BCUT2D eigenvalue weighted by atomic mass is 9.91. The molecule has 25 heavy (non-hydrogen) atoms. The lowest BCUT2D eigenvalue weighted by molar-refractivity contribution is 0.0204. The molecule has 0 N–H and O–H groups in total. The van der Waals surface area contributed by atoms with Crippen LogP contribution in [0.25, 0.3) is 11.1 Å². The summed E-state index contributed by atoms with van der Waals surface area (Å²) in [6, 6.07) is 14.6. The van der Waals surface area contributed by atoms with Crippen molar-refractivity contribution in [2.75, 3.05) is 13.1 Å². The van der Waals surface area contributed by atoms with Gasteiger partial charge in [-0.15, -0.1) is 0 Å². The summed E-state index contributed by atoms with van der Waals surface area (Å²) >= 11 is 0. The standard InChI is InChI=1S/C21H26N2O2/c1-21(2,3)25-20(24)23-13-10-17(11-14-23)19-15-18(9-12-22-19)16-7-5-4-6-8-16/h4-9,12,15,17H,10-11,13-14H2,1-3H3. The summed E-state index contributed by atoms with van der Waals surface area (Å²) < 4.78 is 5.47. The van der Waals surface area contributed by atoms with Gasteiger partial charge >= 0.3 is 6.09 Å². The van der Waals surface area contributed by atoms with Gasteiger partial charge in [-0.3, -0.25) is 4.98 Å². The van der Waals surface area contributed by atoms with Crippen molar-refractivity contribution in [3.8, 4) is 11.1 Å². The number of rotatable bonds is 2. The van der Waals surface area contributed by atoms with Crippen LogP contribution in [0.5, 0.6) is 0 Å². The molecule has 0 aliphatic carbocycles. The first-order valence-corrected chi connectivity index (χ1v) is 8.92. The van der Waals surface area contributed by atoms with Crippen LogP contribution >= 0.6 is 0 Å². The highest BCUT2D eigenvalue weighted by atomic mass is 16.6. The summed E-state index contributed by atoms with van der Waals surface area (Å²) in [6.07, 6.45) is 3.52. The number of hydrogen-bond donors (Lipinski definition) is 0. The number of amides is 1. The second-order valence-corrected chi connectivity index (χ2v) is 7.58. The number of carbonyl (C=O) groups excluding carboxylic acids is 1. The number of ether oxygens (including phenoxy) is 1. The van der Waals surface area contributed by atoms with E-state index in [9.17, 15) is 4.79 Å². The largest absolute Gasteiger partial charge is 0.444 e. The Bertz CT molecular complexity index is 714. The molecular formula is C21H26N2O2. The maximum atomic E-state index is 12.2. The smallest absolute Gasteiger partial charge is 0.410 e. The van der Waals surface area contributed by atoms with Crippen LogP contribution in [0, 0.1) is 0 Å². The minimum absolute atomic E-state index is 0.211. The number of pyridine rings is 1. The van der Waals surface area contributed by atoms with Gasteiger partial charge in [-0.2, -0.15) is 0 Å². The lowest BCUT2D eigenvalue weighted by Gasteiger charge is -2.33. The SMILES string of the molecule is CC(C)(C)OC(=O)N1CCC(c2cc(-c3ccccc3)ccn2)CC1.